The van der Waals surface area contributed by atoms with Gasteiger partial charge in [-0.15, -0.1) is 12.4 Å². The standard InChI is InChI=1S/C14H26N2O3.ClH/c1-11(8-13(18)19-2)16-12(17)9-14(10-15)6-4-3-5-7-14;/h11H,3-10,15H2,1-2H3,(H,16,17);1H. The van der Waals surface area contributed by atoms with E-state index in [1.807, 2.05) is 6.92 Å². The van der Waals surface area contributed by atoms with Crippen LogP contribution in [0, 0.1) is 5.41 Å². The number of nitrogens with one attached hydrogen (secondary N) is 1. The topological polar surface area (TPSA) is 81.4 Å². The molecule has 1 rings (SSSR count). The first kappa shape index (κ1) is 19.2. The normalized spacial score (nSPS) is 18.6. The maximum absolute atomic E-state index is 12.0. The van der Waals surface area contributed by atoms with Gasteiger partial charge >= 0.3 is 5.97 Å². The van der Waals surface area contributed by atoms with Gasteiger partial charge in [-0.05, 0) is 31.7 Å². The number of hydrogen-bond donors (Lipinski definition) is 2. The number of carbonyl (C=O) groups excluding carboxylic acids is 2. The van der Waals surface area contributed by atoms with Crippen molar-refractivity contribution in [3.05, 3.63) is 0 Å². The molecule has 0 bridgehead atoms. The van der Waals surface area contributed by atoms with Gasteiger partial charge in [0.25, 0.3) is 0 Å². The van der Waals surface area contributed by atoms with Crippen LogP contribution >= 0.6 is 12.4 Å². The number of ether oxygens (including phenoxy) is 1. The van der Waals surface area contributed by atoms with Gasteiger partial charge in [-0.3, -0.25) is 9.59 Å². The number of nitrogens with two attached hydrogens (primary N) is 1. The van der Waals surface area contributed by atoms with Gasteiger partial charge in [0.1, 0.15) is 0 Å². The fourth-order valence-electron chi connectivity index (χ4n) is 2.81. The van der Waals surface area contributed by atoms with E-state index in [-0.39, 0.29) is 42.2 Å². The van der Waals surface area contributed by atoms with Gasteiger partial charge in [-0.25, -0.2) is 0 Å². The Morgan fingerprint density at radius 3 is 2.40 bits per heavy atom. The summed E-state index contributed by atoms with van der Waals surface area (Å²) in [6, 6.07) is -0.196. The average molecular weight is 307 g/mol. The monoisotopic (exact) mass is 306 g/mol. The Balaban J connectivity index is 0.00000361. The van der Waals surface area contributed by atoms with Crippen molar-refractivity contribution in [1.82, 2.24) is 5.32 Å². The molecule has 0 aromatic heterocycles. The van der Waals surface area contributed by atoms with E-state index in [1.165, 1.54) is 13.5 Å². The van der Waals surface area contributed by atoms with Crippen LogP contribution in [0.4, 0.5) is 0 Å². The summed E-state index contributed by atoms with van der Waals surface area (Å²) in [5, 5.41) is 2.86. The number of halogens is 1. The second-order valence-electron chi connectivity index (χ2n) is 5.69. The zero-order valence-corrected chi connectivity index (χ0v) is 13.3. The largest absolute Gasteiger partial charge is 0.469 e. The molecule has 1 atom stereocenters. The third kappa shape index (κ3) is 6.09. The van der Waals surface area contributed by atoms with Crippen molar-refractivity contribution >= 4 is 24.3 Å². The molecule has 1 aliphatic rings. The molecule has 118 valence electrons. The molecule has 1 fully saturated rings. The van der Waals surface area contributed by atoms with Gasteiger partial charge in [0, 0.05) is 12.5 Å². The van der Waals surface area contributed by atoms with E-state index in [4.69, 9.17) is 5.73 Å². The Hall–Kier alpha value is -0.810. The molecular weight excluding hydrogens is 280 g/mol. The predicted octanol–water partition coefficient (Wildman–Crippen LogP) is 1.78. The second-order valence-corrected chi connectivity index (χ2v) is 5.69. The second kappa shape index (κ2) is 9.19. The molecule has 0 aromatic rings. The predicted molar refractivity (Wildman–Crippen MR) is 80.7 cm³/mol. The van der Waals surface area contributed by atoms with E-state index in [9.17, 15) is 9.59 Å². The smallest absolute Gasteiger partial charge is 0.307 e. The lowest BCUT2D eigenvalue weighted by Gasteiger charge is -2.35. The Morgan fingerprint density at radius 2 is 1.90 bits per heavy atom. The van der Waals surface area contributed by atoms with E-state index in [1.54, 1.807) is 0 Å². The molecule has 1 aliphatic carbocycles. The lowest BCUT2D eigenvalue weighted by atomic mass is 9.71. The third-order valence-corrected chi connectivity index (χ3v) is 3.99. The maximum atomic E-state index is 12.0. The summed E-state index contributed by atoms with van der Waals surface area (Å²) >= 11 is 0. The minimum atomic E-state index is -0.306. The quantitative estimate of drug-likeness (QED) is 0.733. The maximum Gasteiger partial charge on any atom is 0.307 e. The van der Waals surface area contributed by atoms with E-state index < -0.39 is 0 Å². The fraction of sp³-hybridized carbons (Fsp3) is 0.857. The molecule has 3 N–H and O–H groups in total. The van der Waals surface area contributed by atoms with Crippen LogP contribution in [0.5, 0.6) is 0 Å². The molecule has 0 aliphatic heterocycles. The van der Waals surface area contributed by atoms with Gasteiger partial charge in [0.05, 0.1) is 13.5 Å². The van der Waals surface area contributed by atoms with Crippen LogP contribution in [0.15, 0.2) is 0 Å². The van der Waals surface area contributed by atoms with Crippen LogP contribution in [0.1, 0.15) is 51.9 Å². The number of carbonyl (C=O) groups is 2. The van der Waals surface area contributed by atoms with Crippen molar-refractivity contribution in [2.45, 2.75) is 57.9 Å². The van der Waals surface area contributed by atoms with Crippen LogP contribution in [-0.4, -0.2) is 31.6 Å². The SMILES string of the molecule is COC(=O)CC(C)NC(=O)CC1(CN)CCCCC1.Cl. The summed E-state index contributed by atoms with van der Waals surface area (Å²) in [5.41, 5.74) is 5.83. The Labute approximate surface area is 127 Å². The van der Waals surface area contributed by atoms with Gasteiger partial charge in [0.2, 0.25) is 5.91 Å². The number of esters is 1. The Bertz CT molecular complexity index is 318. The molecule has 0 heterocycles. The molecule has 5 nitrogen and oxygen atoms in total. The first-order valence-corrected chi connectivity index (χ1v) is 7.07. The summed E-state index contributed by atoms with van der Waals surface area (Å²) < 4.78 is 4.58. The highest BCUT2D eigenvalue weighted by molar-refractivity contribution is 5.85. The van der Waals surface area contributed by atoms with Crippen molar-refractivity contribution in [3.63, 3.8) is 0 Å². The fourth-order valence-corrected chi connectivity index (χ4v) is 2.81. The molecular formula is C14H27ClN2O3. The van der Waals surface area contributed by atoms with Crippen LogP contribution < -0.4 is 11.1 Å². The molecule has 1 saturated carbocycles. The van der Waals surface area contributed by atoms with Crippen LogP contribution in [0.3, 0.4) is 0 Å². The lowest BCUT2D eigenvalue weighted by molar-refractivity contribution is -0.141. The van der Waals surface area contributed by atoms with E-state index >= 15 is 0 Å². The molecule has 20 heavy (non-hydrogen) atoms. The third-order valence-electron chi connectivity index (χ3n) is 3.99. The van der Waals surface area contributed by atoms with E-state index in [2.05, 4.69) is 10.1 Å². The van der Waals surface area contributed by atoms with Gasteiger partial charge in [-0.2, -0.15) is 0 Å². The van der Waals surface area contributed by atoms with Crippen molar-refractivity contribution in [2.24, 2.45) is 11.1 Å². The van der Waals surface area contributed by atoms with E-state index in [0.29, 0.717) is 13.0 Å². The molecule has 0 radical (unpaired) electrons. The zero-order valence-electron chi connectivity index (χ0n) is 12.4. The van der Waals surface area contributed by atoms with Crippen LogP contribution in [-0.2, 0) is 14.3 Å². The number of hydrogen-bond acceptors (Lipinski definition) is 4. The minimum absolute atomic E-state index is 0. The number of methoxy groups -OCH3 is 1. The minimum Gasteiger partial charge on any atom is -0.469 e. The first-order valence-electron chi connectivity index (χ1n) is 7.07. The highest BCUT2D eigenvalue weighted by Crippen LogP contribution is 2.38. The highest BCUT2D eigenvalue weighted by atomic mass is 35.5. The zero-order chi connectivity index (χ0) is 14.3. The molecule has 6 heteroatoms. The Kier molecular flexibility index (Phi) is 8.81. The molecule has 0 saturated heterocycles. The Morgan fingerprint density at radius 1 is 1.30 bits per heavy atom. The molecule has 0 spiro atoms. The van der Waals surface area contributed by atoms with Crippen molar-refractivity contribution < 1.29 is 14.3 Å². The molecule has 0 aromatic carbocycles. The summed E-state index contributed by atoms with van der Waals surface area (Å²) in [7, 11) is 1.35. The summed E-state index contributed by atoms with van der Waals surface area (Å²) in [6.07, 6.45) is 6.28. The summed E-state index contributed by atoms with van der Waals surface area (Å²) in [4.78, 5) is 23.2. The van der Waals surface area contributed by atoms with Gasteiger partial charge in [-0.1, -0.05) is 19.3 Å². The number of amides is 1. The molecule has 1 unspecified atom stereocenters. The van der Waals surface area contributed by atoms with Crippen LogP contribution in [0.2, 0.25) is 0 Å². The summed E-state index contributed by atoms with van der Waals surface area (Å²) in [6.45, 7) is 2.37. The lowest BCUT2D eigenvalue weighted by Crippen LogP contribution is -2.41. The van der Waals surface area contributed by atoms with Crippen molar-refractivity contribution in [1.29, 1.82) is 0 Å². The van der Waals surface area contributed by atoms with Crippen molar-refractivity contribution in [2.75, 3.05) is 13.7 Å². The van der Waals surface area contributed by atoms with Crippen LogP contribution in [0.25, 0.3) is 0 Å². The van der Waals surface area contributed by atoms with Gasteiger partial charge < -0.3 is 15.8 Å². The van der Waals surface area contributed by atoms with Gasteiger partial charge in [0.15, 0.2) is 0 Å². The molecule has 1 amide bonds. The highest BCUT2D eigenvalue weighted by Gasteiger charge is 2.33. The number of rotatable bonds is 6. The summed E-state index contributed by atoms with van der Waals surface area (Å²) in [5.74, 6) is -0.317. The van der Waals surface area contributed by atoms with E-state index in [0.717, 1.165) is 25.7 Å². The first-order chi connectivity index (χ1) is 9.01. The average Bonchev–Trinajstić information content (AvgIpc) is 2.39. The van der Waals surface area contributed by atoms with Crippen molar-refractivity contribution in [3.8, 4) is 0 Å².